The predicted octanol–water partition coefficient (Wildman–Crippen LogP) is 3.37. The van der Waals surface area contributed by atoms with Crippen molar-refractivity contribution in [3.8, 4) is 0 Å². The molecule has 2 aromatic carbocycles. The monoisotopic (exact) mass is 228 g/mol. The van der Waals surface area contributed by atoms with Gasteiger partial charge in [-0.3, -0.25) is 0 Å². The molecule has 2 rings (SSSR count). The van der Waals surface area contributed by atoms with E-state index in [9.17, 15) is 4.79 Å². The van der Waals surface area contributed by atoms with E-state index in [4.69, 9.17) is 0 Å². The number of carbonyl (C=O) groups excluding carboxylic acids is 1. The standard InChI is InChI=1S/C14H16N2O/c1-10(2)15-14(17)16-13-9-5-7-11-6-3-4-8-12(11)13/h3-10H,1-2H3,(H2,15,16,17). The Hall–Kier alpha value is -2.03. The highest BCUT2D eigenvalue weighted by molar-refractivity contribution is 6.01. The summed E-state index contributed by atoms with van der Waals surface area (Å²) in [7, 11) is 0. The molecule has 0 aliphatic rings. The zero-order valence-electron chi connectivity index (χ0n) is 10.0. The lowest BCUT2D eigenvalue weighted by Crippen LogP contribution is -2.34. The normalized spacial score (nSPS) is 10.5. The van der Waals surface area contributed by atoms with Gasteiger partial charge >= 0.3 is 6.03 Å². The summed E-state index contributed by atoms with van der Waals surface area (Å²) in [5.74, 6) is 0. The highest BCUT2D eigenvalue weighted by atomic mass is 16.2. The minimum Gasteiger partial charge on any atom is -0.336 e. The number of benzene rings is 2. The maximum atomic E-state index is 11.6. The van der Waals surface area contributed by atoms with Crippen LogP contribution in [0.5, 0.6) is 0 Å². The number of amides is 2. The van der Waals surface area contributed by atoms with E-state index in [1.54, 1.807) is 0 Å². The molecule has 17 heavy (non-hydrogen) atoms. The van der Waals surface area contributed by atoms with Gasteiger partial charge in [0.15, 0.2) is 0 Å². The molecular formula is C14H16N2O. The SMILES string of the molecule is CC(C)NC(=O)Nc1cccc2ccccc12. The Morgan fingerprint density at radius 3 is 2.53 bits per heavy atom. The summed E-state index contributed by atoms with van der Waals surface area (Å²) < 4.78 is 0. The molecule has 3 nitrogen and oxygen atoms in total. The molecule has 0 heterocycles. The van der Waals surface area contributed by atoms with Crippen LogP contribution in [0.3, 0.4) is 0 Å². The predicted molar refractivity (Wildman–Crippen MR) is 71.2 cm³/mol. The number of fused-ring (bicyclic) bond motifs is 1. The molecule has 0 unspecified atom stereocenters. The Morgan fingerprint density at radius 2 is 1.76 bits per heavy atom. The van der Waals surface area contributed by atoms with E-state index in [1.165, 1.54) is 0 Å². The van der Waals surface area contributed by atoms with Gasteiger partial charge in [-0.05, 0) is 25.3 Å². The van der Waals surface area contributed by atoms with Crippen molar-refractivity contribution in [3.05, 3.63) is 42.5 Å². The van der Waals surface area contributed by atoms with Gasteiger partial charge in [-0.1, -0.05) is 36.4 Å². The zero-order valence-corrected chi connectivity index (χ0v) is 10.0. The van der Waals surface area contributed by atoms with E-state index in [-0.39, 0.29) is 12.1 Å². The fourth-order valence-corrected chi connectivity index (χ4v) is 1.75. The third-order valence-corrected chi connectivity index (χ3v) is 2.46. The Morgan fingerprint density at radius 1 is 1.06 bits per heavy atom. The Balaban J connectivity index is 2.27. The van der Waals surface area contributed by atoms with Crippen LogP contribution in [-0.2, 0) is 0 Å². The molecule has 0 fully saturated rings. The molecule has 2 amide bonds. The fourth-order valence-electron chi connectivity index (χ4n) is 1.75. The lowest BCUT2D eigenvalue weighted by atomic mass is 10.1. The molecular weight excluding hydrogens is 212 g/mol. The number of carbonyl (C=O) groups is 1. The molecule has 0 aliphatic heterocycles. The second-order valence-corrected chi connectivity index (χ2v) is 4.28. The lowest BCUT2D eigenvalue weighted by molar-refractivity contribution is 0.250. The minimum absolute atomic E-state index is 0.130. The van der Waals surface area contributed by atoms with Gasteiger partial charge in [-0.15, -0.1) is 0 Å². The summed E-state index contributed by atoms with van der Waals surface area (Å²) in [6.45, 7) is 3.87. The van der Waals surface area contributed by atoms with E-state index in [1.807, 2.05) is 56.3 Å². The second-order valence-electron chi connectivity index (χ2n) is 4.28. The van der Waals surface area contributed by atoms with Gasteiger partial charge in [0.1, 0.15) is 0 Å². The van der Waals surface area contributed by atoms with Crippen LogP contribution in [0.1, 0.15) is 13.8 Å². The summed E-state index contributed by atoms with van der Waals surface area (Å²) in [6, 6.07) is 13.8. The van der Waals surface area contributed by atoms with Crippen LogP contribution in [0, 0.1) is 0 Å². The Bertz CT molecular complexity index is 529. The first-order valence-electron chi connectivity index (χ1n) is 5.72. The first-order valence-corrected chi connectivity index (χ1v) is 5.72. The van der Waals surface area contributed by atoms with E-state index < -0.39 is 0 Å². The molecule has 0 aromatic heterocycles. The molecule has 2 aromatic rings. The maximum absolute atomic E-state index is 11.6. The van der Waals surface area contributed by atoms with Crippen molar-refractivity contribution in [1.29, 1.82) is 0 Å². The molecule has 0 radical (unpaired) electrons. The number of urea groups is 1. The van der Waals surface area contributed by atoms with E-state index in [2.05, 4.69) is 10.6 Å². The summed E-state index contributed by atoms with van der Waals surface area (Å²) in [5.41, 5.74) is 0.834. The van der Waals surface area contributed by atoms with Gasteiger partial charge in [0.05, 0.1) is 5.69 Å². The number of anilines is 1. The van der Waals surface area contributed by atoms with Crippen molar-refractivity contribution in [2.24, 2.45) is 0 Å². The van der Waals surface area contributed by atoms with Crippen molar-refractivity contribution in [2.75, 3.05) is 5.32 Å². The third kappa shape index (κ3) is 2.75. The number of nitrogens with one attached hydrogen (secondary N) is 2. The topological polar surface area (TPSA) is 41.1 Å². The fraction of sp³-hybridized carbons (Fsp3) is 0.214. The van der Waals surface area contributed by atoms with Crippen LogP contribution < -0.4 is 10.6 Å². The van der Waals surface area contributed by atoms with Gasteiger partial charge in [0.25, 0.3) is 0 Å². The number of hydrogen-bond acceptors (Lipinski definition) is 1. The first kappa shape index (κ1) is 11.5. The van der Waals surface area contributed by atoms with Gasteiger partial charge in [-0.25, -0.2) is 4.79 Å². The van der Waals surface area contributed by atoms with Crippen LogP contribution >= 0.6 is 0 Å². The van der Waals surface area contributed by atoms with Crippen molar-refractivity contribution in [1.82, 2.24) is 5.32 Å². The van der Waals surface area contributed by atoms with Crippen LogP contribution in [0.2, 0.25) is 0 Å². The molecule has 0 bridgehead atoms. The summed E-state index contributed by atoms with van der Waals surface area (Å²) in [5, 5.41) is 7.84. The number of rotatable bonds is 2. The highest BCUT2D eigenvalue weighted by Gasteiger charge is 2.05. The number of hydrogen-bond donors (Lipinski definition) is 2. The Labute approximate surface area is 101 Å². The average molecular weight is 228 g/mol. The van der Waals surface area contributed by atoms with Gasteiger partial charge in [0.2, 0.25) is 0 Å². The highest BCUT2D eigenvalue weighted by Crippen LogP contribution is 2.22. The molecule has 0 spiro atoms. The molecule has 3 heteroatoms. The maximum Gasteiger partial charge on any atom is 0.319 e. The molecule has 0 saturated heterocycles. The molecule has 0 atom stereocenters. The van der Waals surface area contributed by atoms with Crippen molar-refractivity contribution in [2.45, 2.75) is 19.9 Å². The molecule has 0 aliphatic carbocycles. The van der Waals surface area contributed by atoms with Gasteiger partial charge in [0, 0.05) is 11.4 Å². The van der Waals surface area contributed by atoms with Gasteiger partial charge < -0.3 is 10.6 Å². The summed E-state index contributed by atoms with van der Waals surface area (Å²) >= 11 is 0. The van der Waals surface area contributed by atoms with Crippen LogP contribution in [-0.4, -0.2) is 12.1 Å². The van der Waals surface area contributed by atoms with Crippen LogP contribution in [0.4, 0.5) is 10.5 Å². The third-order valence-electron chi connectivity index (χ3n) is 2.46. The van der Waals surface area contributed by atoms with Crippen LogP contribution in [0.15, 0.2) is 42.5 Å². The first-order chi connectivity index (χ1) is 8.16. The lowest BCUT2D eigenvalue weighted by Gasteiger charge is -2.11. The Kier molecular flexibility index (Phi) is 3.28. The largest absolute Gasteiger partial charge is 0.336 e. The van der Waals surface area contributed by atoms with E-state index >= 15 is 0 Å². The van der Waals surface area contributed by atoms with Crippen molar-refractivity contribution >= 4 is 22.5 Å². The van der Waals surface area contributed by atoms with Crippen LogP contribution in [0.25, 0.3) is 10.8 Å². The van der Waals surface area contributed by atoms with Crippen molar-refractivity contribution in [3.63, 3.8) is 0 Å². The molecule has 88 valence electrons. The van der Waals surface area contributed by atoms with Crippen molar-refractivity contribution < 1.29 is 4.79 Å². The summed E-state index contributed by atoms with van der Waals surface area (Å²) in [6.07, 6.45) is 0. The minimum atomic E-state index is -0.170. The van der Waals surface area contributed by atoms with E-state index in [0.29, 0.717) is 0 Å². The quantitative estimate of drug-likeness (QED) is 0.813. The smallest absolute Gasteiger partial charge is 0.319 e. The summed E-state index contributed by atoms with van der Waals surface area (Å²) in [4.78, 5) is 11.6. The van der Waals surface area contributed by atoms with E-state index in [0.717, 1.165) is 16.5 Å². The zero-order chi connectivity index (χ0) is 12.3. The molecule has 2 N–H and O–H groups in total. The average Bonchev–Trinajstić information content (AvgIpc) is 2.28. The molecule has 0 saturated carbocycles. The second kappa shape index (κ2) is 4.87. The van der Waals surface area contributed by atoms with Gasteiger partial charge in [-0.2, -0.15) is 0 Å².